The van der Waals surface area contributed by atoms with Gasteiger partial charge in [-0.25, -0.2) is 9.37 Å². The lowest BCUT2D eigenvalue weighted by atomic mass is 10.2. The van der Waals surface area contributed by atoms with Crippen molar-refractivity contribution >= 4 is 29.0 Å². The zero-order chi connectivity index (χ0) is 19.2. The molecule has 1 amide bonds. The minimum Gasteiger partial charge on any atom is -0.370 e. The van der Waals surface area contributed by atoms with Crippen molar-refractivity contribution in [2.75, 3.05) is 22.5 Å². The summed E-state index contributed by atoms with van der Waals surface area (Å²) in [6.45, 7) is 4.72. The van der Waals surface area contributed by atoms with Crippen LogP contribution in [0.2, 0.25) is 0 Å². The minimum atomic E-state index is -0.447. The van der Waals surface area contributed by atoms with Crippen LogP contribution in [0.25, 0.3) is 0 Å². The SMILES string of the molecule is CCNc1nc(Nc2ccc(NC(=O)c3cccc(F)c3)cc2)ncc1C. The maximum atomic E-state index is 13.2. The summed E-state index contributed by atoms with van der Waals surface area (Å²) in [6, 6.07) is 12.7. The molecule has 0 aliphatic rings. The number of aromatic nitrogens is 2. The standard InChI is InChI=1S/C20H20FN5O/c1-3-22-18-13(2)12-23-20(26-18)25-17-9-7-16(8-10-17)24-19(27)14-5-4-6-15(21)11-14/h4-12H,3H2,1-2H3,(H,24,27)(H2,22,23,25,26). The molecule has 138 valence electrons. The van der Waals surface area contributed by atoms with Gasteiger partial charge >= 0.3 is 0 Å². The number of carbonyl (C=O) groups is 1. The predicted octanol–water partition coefficient (Wildman–Crippen LogP) is 4.35. The van der Waals surface area contributed by atoms with Crippen LogP contribution >= 0.6 is 0 Å². The molecule has 0 spiro atoms. The van der Waals surface area contributed by atoms with E-state index in [1.54, 1.807) is 36.5 Å². The fraction of sp³-hybridized carbons (Fsp3) is 0.150. The van der Waals surface area contributed by atoms with Crippen LogP contribution < -0.4 is 16.0 Å². The number of benzene rings is 2. The summed E-state index contributed by atoms with van der Waals surface area (Å²) in [7, 11) is 0. The Kier molecular flexibility index (Phi) is 5.61. The molecule has 0 saturated heterocycles. The first-order chi connectivity index (χ1) is 13.0. The van der Waals surface area contributed by atoms with Crippen LogP contribution in [0.1, 0.15) is 22.8 Å². The molecule has 0 radical (unpaired) electrons. The third-order valence-electron chi connectivity index (χ3n) is 3.80. The average Bonchev–Trinajstić information content (AvgIpc) is 2.66. The van der Waals surface area contributed by atoms with E-state index in [0.29, 0.717) is 11.6 Å². The molecule has 27 heavy (non-hydrogen) atoms. The largest absolute Gasteiger partial charge is 0.370 e. The van der Waals surface area contributed by atoms with Gasteiger partial charge in [-0.3, -0.25) is 4.79 Å². The molecule has 0 atom stereocenters. The highest BCUT2D eigenvalue weighted by Gasteiger charge is 2.07. The minimum absolute atomic E-state index is 0.265. The van der Waals surface area contributed by atoms with E-state index in [4.69, 9.17) is 0 Å². The molecule has 7 heteroatoms. The monoisotopic (exact) mass is 365 g/mol. The lowest BCUT2D eigenvalue weighted by Crippen LogP contribution is -2.12. The highest BCUT2D eigenvalue weighted by molar-refractivity contribution is 6.04. The van der Waals surface area contributed by atoms with Crippen molar-refractivity contribution in [3.63, 3.8) is 0 Å². The molecular weight excluding hydrogens is 345 g/mol. The summed E-state index contributed by atoms with van der Waals surface area (Å²) >= 11 is 0. The second-order valence-electron chi connectivity index (χ2n) is 5.92. The third-order valence-corrected chi connectivity index (χ3v) is 3.80. The number of aryl methyl sites for hydroxylation is 1. The molecule has 0 aliphatic heterocycles. The molecule has 3 N–H and O–H groups in total. The van der Waals surface area contributed by atoms with E-state index in [1.807, 2.05) is 13.8 Å². The summed E-state index contributed by atoms with van der Waals surface area (Å²) in [5.74, 6) is 0.451. The maximum absolute atomic E-state index is 13.2. The van der Waals surface area contributed by atoms with Gasteiger partial charge in [0.1, 0.15) is 11.6 Å². The van der Waals surface area contributed by atoms with Crippen LogP contribution in [0, 0.1) is 12.7 Å². The Labute approximate surface area is 156 Å². The number of anilines is 4. The van der Waals surface area contributed by atoms with Gasteiger partial charge < -0.3 is 16.0 Å². The Morgan fingerprint density at radius 2 is 1.85 bits per heavy atom. The summed E-state index contributed by atoms with van der Waals surface area (Å²) in [5, 5.41) is 9.05. The van der Waals surface area contributed by atoms with Crippen molar-refractivity contribution in [1.82, 2.24) is 9.97 Å². The van der Waals surface area contributed by atoms with Crippen LogP contribution in [-0.4, -0.2) is 22.4 Å². The number of carbonyl (C=O) groups excluding carboxylic acids is 1. The summed E-state index contributed by atoms with van der Waals surface area (Å²) in [5.41, 5.74) is 2.62. The smallest absolute Gasteiger partial charge is 0.255 e. The molecule has 1 aromatic heterocycles. The zero-order valence-electron chi connectivity index (χ0n) is 15.1. The van der Waals surface area contributed by atoms with Gasteiger partial charge in [-0.15, -0.1) is 0 Å². The van der Waals surface area contributed by atoms with Gasteiger partial charge in [-0.1, -0.05) is 6.07 Å². The molecule has 0 fully saturated rings. The third kappa shape index (κ3) is 4.78. The first-order valence-corrected chi connectivity index (χ1v) is 8.56. The number of rotatable bonds is 6. The van der Waals surface area contributed by atoms with E-state index in [-0.39, 0.29) is 11.5 Å². The van der Waals surface area contributed by atoms with Gasteiger partial charge in [-0.2, -0.15) is 4.98 Å². The van der Waals surface area contributed by atoms with Gasteiger partial charge in [0.05, 0.1) is 0 Å². The fourth-order valence-corrected chi connectivity index (χ4v) is 2.45. The number of halogens is 1. The summed E-state index contributed by atoms with van der Waals surface area (Å²) < 4.78 is 13.2. The molecule has 6 nitrogen and oxygen atoms in total. The van der Waals surface area contributed by atoms with Crippen molar-refractivity contribution < 1.29 is 9.18 Å². The van der Waals surface area contributed by atoms with Crippen molar-refractivity contribution in [1.29, 1.82) is 0 Å². The molecule has 3 rings (SSSR count). The van der Waals surface area contributed by atoms with Crippen LogP contribution in [0.4, 0.5) is 27.5 Å². The molecule has 3 aromatic rings. The van der Waals surface area contributed by atoms with Crippen LogP contribution in [0.5, 0.6) is 0 Å². The summed E-state index contributed by atoms with van der Waals surface area (Å²) in [4.78, 5) is 20.9. The molecule has 0 bridgehead atoms. The lowest BCUT2D eigenvalue weighted by Gasteiger charge is -2.10. The number of hydrogen-bond donors (Lipinski definition) is 3. The van der Waals surface area contributed by atoms with E-state index >= 15 is 0 Å². The molecule has 0 unspecified atom stereocenters. The van der Waals surface area contributed by atoms with Crippen molar-refractivity contribution in [2.24, 2.45) is 0 Å². The van der Waals surface area contributed by atoms with Crippen LogP contribution in [-0.2, 0) is 0 Å². The Morgan fingerprint density at radius 3 is 2.56 bits per heavy atom. The topological polar surface area (TPSA) is 78.9 Å². The average molecular weight is 365 g/mol. The van der Waals surface area contributed by atoms with Gasteiger partial charge in [0.25, 0.3) is 5.91 Å². The van der Waals surface area contributed by atoms with Gasteiger partial charge in [0.15, 0.2) is 0 Å². The quantitative estimate of drug-likeness (QED) is 0.605. The number of nitrogens with zero attached hydrogens (tertiary/aromatic N) is 2. The second kappa shape index (κ2) is 8.27. The van der Waals surface area contributed by atoms with Crippen molar-refractivity contribution in [2.45, 2.75) is 13.8 Å². The van der Waals surface area contributed by atoms with E-state index in [2.05, 4.69) is 25.9 Å². The highest BCUT2D eigenvalue weighted by atomic mass is 19.1. The first kappa shape index (κ1) is 18.3. The molecule has 0 saturated carbocycles. The van der Waals surface area contributed by atoms with E-state index in [0.717, 1.165) is 23.6 Å². The lowest BCUT2D eigenvalue weighted by molar-refractivity contribution is 0.102. The maximum Gasteiger partial charge on any atom is 0.255 e. The molecular formula is C20H20FN5O. The Bertz CT molecular complexity index is 943. The van der Waals surface area contributed by atoms with E-state index in [1.165, 1.54) is 18.2 Å². The van der Waals surface area contributed by atoms with E-state index in [9.17, 15) is 9.18 Å². The number of nitrogens with one attached hydrogen (secondary N) is 3. The fourth-order valence-electron chi connectivity index (χ4n) is 2.45. The van der Waals surface area contributed by atoms with Gasteiger partial charge in [0, 0.05) is 35.2 Å². The Balaban J connectivity index is 1.67. The molecule has 1 heterocycles. The zero-order valence-corrected chi connectivity index (χ0v) is 15.1. The normalized spacial score (nSPS) is 10.3. The molecule has 2 aromatic carbocycles. The number of amides is 1. The summed E-state index contributed by atoms with van der Waals surface area (Å²) in [6.07, 6.45) is 1.75. The van der Waals surface area contributed by atoms with Crippen molar-refractivity contribution in [3.05, 3.63) is 71.7 Å². The van der Waals surface area contributed by atoms with Crippen LogP contribution in [0.15, 0.2) is 54.7 Å². The van der Waals surface area contributed by atoms with Crippen LogP contribution in [0.3, 0.4) is 0 Å². The first-order valence-electron chi connectivity index (χ1n) is 8.56. The molecule has 0 aliphatic carbocycles. The second-order valence-corrected chi connectivity index (χ2v) is 5.92. The van der Waals surface area contributed by atoms with Gasteiger partial charge in [0.2, 0.25) is 5.95 Å². The van der Waals surface area contributed by atoms with Crippen molar-refractivity contribution in [3.8, 4) is 0 Å². The van der Waals surface area contributed by atoms with E-state index < -0.39 is 5.82 Å². The number of hydrogen-bond acceptors (Lipinski definition) is 5. The highest BCUT2D eigenvalue weighted by Crippen LogP contribution is 2.19. The predicted molar refractivity (Wildman–Crippen MR) is 105 cm³/mol. The Hall–Kier alpha value is -3.48. The van der Waals surface area contributed by atoms with Gasteiger partial charge in [-0.05, 0) is 56.3 Å². The Morgan fingerprint density at radius 1 is 1.11 bits per heavy atom.